The van der Waals surface area contributed by atoms with Crippen LogP contribution in [-0.4, -0.2) is 53.5 Å². The Morgan fingerprint density at radius 1 is 0.373 bits per heavy atom. The summed E-state index contributed by atoms with van der Waals surface area (Å²) in [6.07, 6.45) is 39.8. The van der Waals surface area contributed by atoms with E-state index in [0.717, 1.165) is 153 Å². The Bertz CT molecular complexity index is 2860. The molecule has 0 bridgehead atoms. The number of carbonyl (C=O) groups is 4. The number of ether oxygens (including phenoxy) is 3. The van der Waals surface area contributed by atoms with E-state index in [-0.39, 0.29) is 18.8 Å². The molecule has 0 spiro atoms. The number of rotatable bonds is 50. The van der Waals surface area contributed by atoms with Gasteiger partial charge >= 0.3 is 11.9 Å². The van der Waals surface area contributed by atoms with E-state index in [1.807, 2.05) is 13.8 Å². The number of Topliss-reactive ketones (excluding diaryl/α,β-unsaturated/α-hetero) is 2. The highest BCUT2D eigenvalue weighted by molar-refractivity contribution is 6.40. The zero-order valence-corrected chi connectivity index (χ0v) is 51.8. The van der Waals surface area contributed by atoms with Crippen molar-refractivity contribution in [1.29, 1.82) is 0 Å². The van der Waals surface area contributed by atoms with Gasteiger partial charge in [0.1, 0.15) is 11.6 Å². The molecule has 6 aromatic rings. The number of benzene rings is 6. The minimum absolute atomic E-state index is 0.150. The van der Waals surface area contributed by atoms with E-state index < -0.39 is 11.9 Å². The highest BCUT2D eigenvalue weighted by atomic mass is 16.5. The van der Waals surface area contributed by atoms with Crippen LogP contribution in [0.3, 0.4) is 0 Å². The number of hydrogen-bond donors (Lipinski definition) is 2. The van der Waals surface area contributed by atoms with Crippen LogP contribution in [0.25, 0.3) is 53.9 Å². The minimum atomic E-state index is -0.703. The van der Waals surface area contributed by atoms with Gasteiger partial charge in [-0.25, -0.2) is 0 Å². The fourth-order valence-electron chi connectivity index (χ4n) is 12.5. The number of fused-ring (bicyclic) bond motifs is 6. The molecule has 9 heteroatoms. The summed E-state index contributed by atoms with van der Waals surface area (Å²) in [7, 11) is 0. The van der Waals surface area contributed by atoms with Crippen LogP contribution >= 0.6 is 0 Å². The Morgan fingerprint density at radius 2 is 0.699 bits per heavy atom. The number of aliphatic carboxylic acids is 2. The fourth-order valence-corrected chi connectivity index (χ4v) is 12.5. The molecule has 0 aromatic heterocycles. The summed E-state index contributed by atoms with van der Waals surface area (Å²) in [5.74, 6) is 1.06. The Morgan fingerprint density at radius 3 is 1.08 bits per heavy atom. The van der Waals surface area contributed by atoms with E-state index in [0.29, 0.717) is 37.8 Å². The van der Waals surface area contributed by atoms with Gasteiger partial charge in [-0.05, 0) is 148 Å². The monoisotopic (exact) mass is 1140 g/mol. The van der Waals surface area contributed by atoms with Crippen molar-refractivity contribution >= 4 is 77.4 Å². The number of carboxylic acids is 2. The van der Waals surface area contributed by atoms with Crippen molar-refractivity contribution in [3.05, 3.63) is 71.8 Å². The molecule has 0 fully saturated rings. The van der Waals surface area contributed by atoms with Crippen LogP contribution in [0.2, 0.25) is 0 Å². The number of hydrogen-bond acceptors (Lipinski definition) is 7. The van der Waals surface area contributed by atoms with Crippen LogP contribution in [0, 0.1) is 5.92 Å². The molecular weight excluding hydrogens is 1030 g/mol. The maximum Gasteiger partial charge on any atom is 0.303 e. The van der Waals surface area contributed by atoms with Crippen molar-refractivity contribution in [2.24, 2.45) is 5.92 Å². The molecule has 0 unspecified atom stereocenters. The predicted octanol–water partition coefficient (Wildman–Crippen LogP) is 21.1. The highest BCUT2D eigenvalue weighted by Gasteiger charge is 2.21. The molecular formula is C74H106O9. The normalized spacial score (nSPS) is 11.9. The van der Waals surface area contributed by atoms with Crippen molar-refractivity contribution in [1.82, 2.24) is 0 Å². The maximum absolute atomic E-state index is 12.0. The van der Waals surface area contributed by atoms with Crippen molar-refractivity contribution in [2.75, 3.05) is 19.8 Å². The van der Waals surface area contributed by atoms with Crippen molar-refractivity contribution < 1.29 is 43.6 Å². The molecule has 0 heterocycles. The molecule has 456 valence electrons. The average molecular weight is 1140 g/mol. The van der Waals surface area contributed by atoms with Gasteiger partial charge < -0.3 is 29.2 Å². The summed E-state index contributed by atoms with van der Waals surface area (Å²) < 4.78 is 20.1. The molecule has 0 radical (unpaired) electrons. The van der Waals surface area contributed by atoms with Crippen LogP contribution in [-0.2, 0) is 36.9 Å². The lowest BCUT2D eigenvalue weighted by molar-refractivity contribution is -0.138. The minimum Gasteiger partial charge on any atom is -0.490 e. The van der Waals surface area contributed by atoms with Crippen LogP contribution in [0.5, 0.6) is 11.5 Å². The summed E-state index contributed by atoms with van der Waals surface area (Å²) in [5, 5.41) is 30.5. The lowest BCUT2D eigenvalue weighted by atomic mass is 9.84. The van der Waals surface area contributed by atoms with Crippen LogP contribution in [0.15, 0.2) is 60.7 Å². The van der Waals surface area contributed by atoms with Gasteiger partial charge in [0, 0.05) is 38.2 Å². The van der Waals surface area contributed by atoms with Gasteiger partial charge in [-0.1, -0.05) is 217 Å². The van der Waals surface area contributed by atoms with Crippen LogP contribution in [0.4, 0.5) is 0 Å². The molecule has 0 aliphatic rings. The summed E-state index contributed by atoms with van der Waals surface area (Å²) in [6, 6.07) is 23.2. The predicted molar refractivity (Wildman–Crippen MR) is 346 cm³/mol. The van der Waals surface area contributed by atoms with E-state index in [9.17, 15) is 19.2 Å². The summed E-state index contributed by atoms with van der Waals surface area (Å²) in [4.78, 5) is 45.2. The lowest BCUT2D eigenvalue weighted by Gasteiger charge is -2.21. The number of carbonyl (C=O) groups excluding carboxylic acids is 2. The highest BCUT2D eigenvalue weighted by Crippen LogP contribution is 2.48. The molecule has 83 heavy (non-hydrogen) atoms. The van der Waals surface area contributed by atoms with Crippen molar-refractivity contribution in [2.45, 2.75) is 271 Å². The largest absolute Gasteiger partial charge is 0.490 e. The molecule has 0 aliphatic carbocycles. The molecule has 2 N–H and O–H groups in total. The first-order valence-electron chi connectivity index (χ1n) is 33.4. The second kappa shape index (κ2) is 38.6. The molecule has 6 aromatic carbocycles. The second-order valence-corrected chi connectivity index (χ2v) is 24.7. The number of ketones is 2. The van der Waals surface area contributed by atoms with E-state index in [4.69, 9.17) is 24.4 Å². The summed E-state index contributed by atoms with van der Waals surface area (Å²) in [6.45, 7) is 8.30. The topological polar surface area (TPSA) is 136 Å². The maximum atomic E-state index is 12.0. The summed E-state index contributed by atoms with van der Waals surface area (Å²) in [5.41, 5.74) is 2.68. The number of unbranched alkanes of at least 4 members (excludes halogenated alkanes) is 29. The molecule has 9 nitrogen and oxygen atoms in total. The van der Waals surface area contributed by atoms with Crippen LogP contribution in [0.1, 0.15) is 269 Å². The zero-order chi connectivity index (χ0) is 58.9. The van der Waals surface area contributed by atoms with Gasteiger partial charge in [-0.15, -0.1) is 0 Å². The molecule has 0 saturated heterocycles. The SMILES string of the molecule is CC(=O)CCCCCCCCCCOc1cc2c(cc1OCCCCCCCCCCC(=O)O)c1cccc3c4cc(COCCCCCCCCCCC(=O)C(C)C)c(CCCCCCCCCCCC(=O)O)cc4c4cccc2c4c31. The third-order valence-corrected chi connectivity index (χ3v) is 17.4. The van der Waals surface area contributed by atoms with E-state index in [2.05, 4.69) is 60.7 Å². The quantitative estimate of drug-likeness (QED) is 0.0217. The standard InChI is InChI=1S/C74H106O9/c1-56(2)68(76)45-31-23-15-8-10-18-26-34-48-81-55-59-52-65-61-42-38-44-63-67-54-70(83-50-36-28-20-12-9-17-25-33-47-72(79)80)69(82-49-35-27-19-11-7-13-21-29-39-57(3)75)53-66(67)62-43-37-41-60(73(62)74(61)63)64(65)51-58(59)40-30-22-14-5-4-6-16-24-32-46-71(77)78/h37-38,41-44,51-54,56H,4-36,39-40,45-50,55H2,1-3H3,(H,77,78)(H,79,80). The molecule has 6 rings (SSSR count). The molecule has 0 amide bonds. The van der Waals surface area contributed by atoms with E-state index in [1.165, 1.54) is 155 Å². The average Bonchev–Trinajstić information content (AvgIpc) is 2.79. The van der Waals surface area contributed by atoms with Gasteiger partial charge in [-0.2, -0.15) is 0 Å². The third kappa shape index (κ3) is 23.3. The number of aryl methyl sites for hydroxylation is 1. The molecule has 0 saturated carbocycles. The Kier molecular flexibility index (Phi) is 31.1. The number of carboxylic acid groups (broad SMARTS) is 2. The molecule has 0 aliphatic heterocycles. The first kappa shape index (κ1) is 66.9. The van der Waals surface area contributed by atoms with Crippen molar-refractivity contribution in [3.8, 4) is 11.5 Å². The smallest absolute Gasteiger partial charge is 0.303 e. The van der Waals surface area contributed by atoms with Gasteiger partial charge in [0.2, 0.25) is 0 Å². The lowest BCUT2D eigenvalue weighted by Crippen LogP contribution is -2.05. The van der Waals surface area contributed by atoms with Crippen LogP contribution < -0.4 is 9.47 Å². The van der Waals surface area contributed by atoms with Gasteiger partial charge in [0.25, 0.3) is 0 Å². The Labute approximate surface area is 499 Å². The first-order valence-corrected chi connectivity index (χ1v) is 33.4. The van der Waals surface area contributed by atoms with Gasteiger partial charge in [0.05, 0.1) is 19.8 Å². The Balaban J connectivity index is 1.20. The van der Waals surface area contributed by atoms with Crippen molar-refractivity contribution in [3.63, 3.8) is 0 Å². The van der Waals surface area contributed by atoms with E-state index in [1.54, 1.807) is 6.92 Å². The van der Waals surface area contributed by atoms with E-state index >= 15 is 0 Å². The first-order chi connectivity index (χ1) is 40.5. The zero-order valence-electron chi connectivity index (χ0n) is 51.8. The van der Waals surface area contributed by atoms with Gasteiger partial charge in [0.15, 0.2) is 11.5 Å². The van der Waals surface area contributed by atoms with Gasteiger partial charge in [-0.3, -0.25) is 14.4 Å². The second-order valence-electron chi connectivity index (χ2n) is 24.7. The third-order valence-electron chi connectivity index (χ3n) is 17.4. The fraction of sp³-hybridized carbons (Fsp3) is 0.622. The summed E-state index contributed by atoms with van der Waals surface area (Å²) >= 11 is 0. The molecule has 0 atom stereocenters. The Hall–Kier alpha value is -5.28.